The molecule has 0 aliphatic carbocycles. The minimum absolute atomic E-state index is 0.296. The van der Waals surface area contributed by atoms with Crippen molar-refractivity contribution in [3.05, 3.63) is 0 Å². The van der Waals surface area contributed by atoms with Crippen molar-refractivity contribution in [1.29, 1.82) is 0 Å². The second-order valence-electron chi connectivity index (χ2n) is 4.71. The highest BCUT2D eigenvalue weighted by atomic mass is 32.2. The molecular weight excluding hydrogens is 224 g/mol. The van der Waals surface area contributed by atoms with Crippen LogP contribution in [0.1, 0.15) is 26.2 Å². The summed E-state index contributed by atoms with van der Waals surface area (Å²) in [6, 6.07) is 0.555. The Morgan fingerprint density at radius 2 is 2.12 bits per heavy atom. The van der Waals surface area contributed by atoms with Gasteiger partial charge in [-0.1, -0.05) is 6.92 Å². The molecule has 0 radical (unpaired) electrons. The summed E-state index contributed by atoms with van der Waals surface area (Å²) in [5.74, 6) is 0.618. The van der Waals surface area contributed by atoms with E-state index < -0.39 is 9.84 Å². The Hall–Kier alpha value is -0.130. The van der Waals surface area contributed by atoms with Gasteiger partial charge >= 0.3 is 0 Å². The van der Waals surface area contributed by atoms with E-state index in [0.29, 0.717) is 24.1 Å². The van der Waals surface area contributed by atoms with Crippen LogP contribution < -0.4 is 5.32 Å². The summed E-state index contributed by atoms with van der Waals surface area (Å²) in [6.07, 6.45) is 3.18. The molecule has 0 aromatic heterocycles. The van der Waals surface area contributed by atoms with E-state index in [-0.39, 0.29) is 0 Å². The zero-order valence-electron chi connectivity index (χ0n) is 10.4. The van der Waals surface area contributed by atoms with Gasteiger partial charge in [-0.15, -0.1) is 0 Å². The number of sulfone groups is 1. The molecule has 0 bridgehead atoms. The fourth-order valence-electron chi connectivity index (χ4n) is 2.09. The van der Waals surface area contributed by atoms with Crippen molar-refractivity contribution < 1.29 is 8.42 Å². The van der Waals surface area contributed by atoms with Crippen molar-refractivity contribution in [3.8, 4) is 0 Å². The van der Waals surface area contributed by atoms with E-state index in [1.165, 1.54) is 12.8 Å². The molecule has 0 spiro atoms. The molecule has 1 aliphatic rings. The van der Waals surface area contributed by atoms with Crippen molar-refractivity contribution >= 4 is 9.84 Å². The van der Waals surface area contributed by atoms with Crippen LogP contribution in [0.4, 0.5) is 0 Å². The fraction of sp³-hybridized carbons (Fsp3) is 1.00. The van der Waals surface area contributed by atoms with Crippen LogP contribution in [-0.2, 0) is 9.84 Å². The predicted molar refractivity (Wildman–Crippen MR) is 67.5 cm³/mol. The molecule has 1 saturated heterocycles. The Morgan fingerprint density at radius 1 is 1.38 bits per heavy atom. The van der Waals surface area contributed by atoms with Crippen LogP contribution in [0.15, 0.2) is 0 Å². The third kappa shape index (κ3) is 5.27. The lowest BCUT2D eigenvalue weighted by Gasteiger charge is -2.20. The first-order valence-corrected chi connectivity index (χ1v) is 7.98. The largest absolute Gasteiger partial charge is 0.313 e. The van der Waals surface area contributed by atoms with Crippen LogP contribution >= 0.6 is 0 Å². The Morgan fingerprint density at radius 3 is 2.69 bits per heavy atom. The lowest BCUT2D eigenvalue weighted by atomic mass is 10.2. The molecule has 1 heterocycles. The molecule has 0 amide bonds. The van der Waals surface area contributed by atoms with Crippen molar-refractivity contribution in [3.63, 3.8) is 0 Å². The number of likely N-dealkylation sites (N-methyl/N-ethyl adjacent to an activating group) is 1. The van der Waals surface area contributed by atoms with E-state index >= 15 is 0 Å². The Labute approximate surface area is 99.3 Å². The van der Waals surface area contributed by atoms with Gasteiger partial charge in [0.15, 0.2) is 9.84 Å². The lowest BCUT2D eigenvalue weighted by Crippen LogP contribution is -2.37. The predicted octanol–water partition coefficient (Wildman–Crippen LogP) is 0.495. The first-order chi connectivity index (χ1) is 7.53. The third-order valence-electron chi connectivity index (χ3n) is 2.99. The van der Waals surface area contributed by atoms with Gasteiger partial charge in [0.05, 0.1) is 5.75 Å². The van der Waals surface area contributed by atoms with Gasteiger partial charge in [-0.25, -0.2) is 8.42 Å². The lowest BCUT2D eigenvalue weighted by molar-refractivity contribution is 0.315. The van der Waals surface area contributed by atoms with Crippen LogP contribution in [0, 0.1) is 0 Å². The quantitative estimate of drug-likeness (QED) is 0.712. The van der Waals surface area contributed by atoms with Crippen molar-refractivity contribution in [2.45, 2.75) is 32.2 Å². The number of nitrogens with one attached hydrogen (secondary N) is 1. The molecule has 0 saturated carbocycles. The molecule has 0 aromatic carbocycles. The van der Waals surface area contributed by atoms with E-state index in [1.54, 1.807) is 0 Å². The minimum Gasteiger partial charge on any atom is -0.313 e. The maximum atomic E-state index is 11.5. The standard InChI is InChI=1S/C11H24N2O2S/c1-3-8-16(14,15)9-7-13(2)10-11-5-4-6-12-11/h11-12H,3-10H2,1-2H3. The van der Waals surface area contributed by atoms with Gasteiger partial charge in [0, 0.05) is 24.9 Å². The zero-order chi connectivity index (χ0) is 12.0. The molecule has 1 unspecified atom stereocenters. The van der Waals surface area contributed by atoms with Gasteiger partial charge in [-0.2, -0.15) is 0 Å². The highest BCUT2D eigenvalue weighted by Crippen LogP contribution is 2.06. The van der Waals surface area contributed by atoms with Crippen LogP contribution in [0.25, 0.3) is 0 Å². The summed E-state index contributed by atoms with van der Waals surface area (Å²) in [4.78, 5) is 2.12. The first-order valence-electron chi connectivity index (χ1n) is 6.16. The number of hydrogen-bond acceptors (Lipinski definition) is 4. The summed E-state index contributed by atoms with van der Waals surface area (Å²) < 4.78 is 23.1. The highest BCUT2D eigenvalue weighted by molar-refractivity contribution is 7.91. The van der Waals surface area contributed by atoms with Crippen molar-refractivity contribution in [2.24, 2.45) is 0 Å². The second-order valence-corrected chi connectivity index (χ2v) is 7.01. The molecule has 4 nitrogen and oxygen atoms in total. The van der Waals surface area contributed by atoms with Gasteiger partial charge in [0.2, 0.25) is 0 Å². The van der Waals surface area contributed by atoms with E-state index in [2.05, 4.69) is 10.2 Å². The van der Waals surface area contributed by atoms with Gasteiger partial charge in [-0.3, -0.25) is 0 Å². The molecule has 1 N–H and O–H groups in total. The van der Waals surface area contributed by atoms with Crippen LogP contribution in [-0.4, -0.2) is 57.5 Å². The molecule has 1 aliphatic heterocycles. The molecular formula is C11H24N2O2S. The van der Waals surface area contributed by atoms with Gasteiger partial charge in [0.25, 0.3) is 0 Å². The maximum Gasteiger partial charge on any atom is 0.151 e. The van der Waals surface area contributed by atoms with E-state index in [1.807, 2.05) is 14.0 Å². The molecule has 1 atom stereocenters. The van der Waals surface area contributed by atoms with Gasteiger partial charge < -0.3 is 10.2 Å². The average Bonchev–Trinajstić information content (AvgIpc) is 2.68. The van der Waals surface area contributed by atoms with E-state index in [0.717, 1.165) is 19.5 Å². The van der Waals surface area contributed by atoms with Crippen LogP contribution in [0.2, 0.25) is 0 Å². The topological polar surface area (TPSA) is 49.4 Å². The summed E-state index contributed by atoms with van der Waals surface area (Å²) >= 11 is 0. The molecule has 1 fully saturated rings. The molecule has 16 heavy (non-hydrogen) atoms. The van der Waals surface area contributed by atoms with Crippen molar-refractivity contribution in [1.82, 2.24) is 10.2 Å². The minimum atomic E-state index is -2.82. The monoisotopic (exact) mass is 248 g/mol. The fourth-order valence-corrected chi connectivity index (χ4v) is 3.50. The van der Waals surface area contributed by atoms with E-state index in [4.69, 9.17) is 0 Å². The van der Waals surface area contributed by atoms with Gasteiger partial charge in [-0.05, 0) is 32.9 Å². The van der Waals surface area contributed by atoms with E-state index in [9.17, 15) is 8.42 Å². The number of rotatable bonds is 7. The molecule has 5 heteroatoms. The summed E-state index contributed by atoms with van der Waals surface area (Å²) in [5, 5.41) is 3.42. The average molecular weight is 248 g/mol. The first kappa shape index (κ1) is 13.9. The SMILES string of the molecule is CCCS(=O)(=O)CCN(C)CC1CCCN1. The summed E-state index contributed by atoms with van der Waals surface area (Å²) in [6.45, 7) is 4.62. The van der Waals surface area contributed by atoms with Crippen molar-refractivity contribution in [2.75, 3.05) is 38.2 Å². The molecule has 1 rings (SSSR count). The third-order valence-corrected chi connectivity index (χ3v) is 4.83. The normalized spacial score (nSPS) is 21.8. The summed E-state index contributed by atoms with van der Waals surface area (Å²) in [5.41, 5.74) is 0. The highest BCUT2D eigenvalue weighted by Gasteiger charge is 2.17. The Kier molecular flexibility index (Phi) is 5.72. The second kappa shape index (κ2) is 6.57. The number of nitrogens with zero attached hydrogens (tertiary/aromatic N) is 1. The zero-order valence-corrected chi connectivity index (χ0v) is 11.2. The summed E-state index contributed by atoms with van der Waals surface area (Å²) in [7, 11) is -0.821. The maximum absolute atomic E-state index is 11.5. The molecule has 0 aromatic rings. The smallest absolute Gasteiger partial charge is 0.151 e. The number of hydrogen-bond donors (Lipinski definition) is 1. The Balaban J connectivity index is 2.21. The Bertz CT molecular complexity index is 284. The van der Waals surface area contributed by atoms with Crippen LogP contribution in [0.3, 0.4) is 0 Å². The van der Waals surface area contributed by atoms with Gasteiger partial charge in [0.1, 0.15) is 0 Å². The van der Waals surface area contributed by atoms with Crippen LogP contribution in [0.5, 0.6) is 0 Å². The molecule has 96 valence electrons.